The van der Waals surface area contributed by atoms with E-state index in [1.165, 1.54) is 24.3 Å². The number of carbonyl (C=O) groups excluding carboxylic acids is 1. The smallest absolute Gasteiger partial charge is 0.379 e. The third-order valence-corrected chi connectivity index (χ3v) is 4.90. The van der Waals surface area contributed by atoms with Crippen LogP contribution in [0.25, 0.3) is 0 Å². The van der Waals surface area contributed by atoms with Gasteiger partial charge in [0.15, 0.2) is 6.10 Å². The Morgan fingerprint density at radius 2 is 1.74 bits per heavy atom. The van der Waals surface area contributed by atoms with E-state index < -0.39 is 12.3 Å². The summed E-state index contributed by atoms with van der Waals surface area (Å²) in [5.41, 5.74) is 0.0445. The summed E-state index contributed by atoms with van der Waals surface area (Å²) < 4.78 is 37.5. The summed E-state index contributed by atoms with van der Waals surface area (Å²) in [7, 11) is 0. The van der Waals surface area contributed by atoms with E-state index in [1.807, 2.05) is 0 Å². The van der Waals surface area contributed by atoms with Crippen LogP contribution < -0.4 is 10.2 Å². The lowest BCUT2D eigenvalue weighted by Gasteiger charge is -2.32. The molecule has 2 saturated heterocycles. The van der Waals surface area contributed by atoms with E-state index in [1.54, 1.807) is 4.90 Å². The third-order valence-electron chi connectivity index (χ3n) is 4.90. The minimum atomic E-state index is -4.69. The SMILES string of the molecule is O=C1N(c2ccc(C(O)C(F)(F)F)cc2)CCC12CCNCC2. The van der Waals surface area contributed by atoms with Gasteiger partial charge in [-0.3, -0.25) is 4.79 Å². The Hall–Kier alpha value is -1.60. The van der Waals surface area contributed by atoms with Gasteiger partial charge in [-0.2, -0.15) is 13.2 Å². The summed E-state index contributed by atoms with van der Waals surface area (Å²) in [6.45, 7) is 2.21. The molecule has 2 N–H and O–H groups in total. The number of hydrogen-bond donors (Lipinski definition) is 2. The highest BCUT2D eigenvalue weighted by Gasteiger charge is 2.47. The number of alkyl halides is 3. The molecule has 2 aliphatic rings. The van der Waals surface area contributed by atoms with Crippen LogP contribution in [0, 0.1) is 5.41 Å². The lowest BCUT2D eigenvalue weighted by Crippen LogP contribution is -2.42. The molecule has 0 saturated carbocycles. The van der Waals surface area contributed by atoms with E-state index >= 15 is 0 Å². The first-order valence-electron chi connectivity index (χ1n) is 7.71. The molecule has 0 aromatic heterocycles. The fourth-order valence-electron chi connectivity index (χ4n) is 3.46. The molecule has 4 nitrogen and oxygen atoms in total. The van der Waals surface area contributed by atoms with Crippen molar-refractivity contribution in [1.29, 1.82) is 0 Å². The average Bonchev–Trinajstić information content (AvgIpc) is 2.84. The number of anilines is 1. The third kappa shape index (κ3) is 2.95. The Morgan fingerprint density at radius 1 is 1.13 bits per heavy atom. The monoisotopic (exact) mass is 328 g/mol. The predicted molar refractivity (Wildman–Crippen MR) is 79.0 cm³/mol. The van der Waals surface area contributed by atoms with Crippen LogP contribution in [0.15, 0.2) is 24.3 Å². The number of rotatable bonds is 2. The second-order valence-corrected chi connectivity index (χ2v) is 6.27. The molecule has 2 heterocycles. The van der Waals surface area contributed by atoms with Crippen molar-refractivity contribution in [3.63, 3.8) is 0 Å². The molecule has 0 radical (unpaired) electrons. The number of carbonyl (C=O) groups is 1. The lowest BCUT2D eigenvalue weighted by atomic mass is 9.78. The zero-order valence-corrected chi connectivity index (χ0v) is 12.6. The minimum Gasteiger partial charge on any atom is -0.379 e. The molecule has 0 aliphatic carbocycles. The van der Waals surface area contributed by atoms with E-state index in [-0.39, 0.29) is 16.9 Å². The highest BCUT2D eigenvalue weighted by Crippen LogP contribution is 2.42. The maximum atomic E-state index is 12.7. The maximum absolute atomic E-state index is 12.7. The molecule has 1 atom stereocenters. The normalized spacial score (nSPS) is 22.6. The first-order valence-corrected chi connectivity index (χ1v) is 7.71. The number of benzene rings is 1. The van der Waals surface area contributed by atoms with E-state index in [4.69, 9.17) is 0 Å². The van der Waals surface area contributed by atoms with Crippen molar-refractivity contribution in [2.24, 2.45) is 5.41 Å². The van der Waals surface area contributed by atoms with Gasteiger partial charge < -0.3 is 15.3 Å². The summed E-state index contributed by atoms with van der Waals surface area (Å²) in [5, 5.41) is 12.5. The second kappa shape index (κ2) is 5.79. The molecule has 1 unspecified atom stereocenters. The summed E-state index contributed by atoms with van der Waals surface area (Å²) in [6.07, 6.45) is -4.81. The summed E-state index contributed by atoms with van der Waals surface area (Å²) in [4.78, 5) is 14.4. The highest BCUT2D eigenvalue weighted by molar-refractivity contribution is 6.00. The van der Waals surface area contributed by atoms with Crippen molar-refractivity contribution in [3.05, 3.63) is 29.8 Å². The molecule has 1 aromatic rings. The standard InChI is InChI=1S/C16H19F3N2O2/c17-16(18,19)13(22)11-1-3-12(4-2-11)21-10-7-15(14(21)23)5-8-20-9-6-15/h1-4,13,20,22H,5-10H2. The number of piperidine rings is 1. The molecule has 2 aliphatic heterocycles. The Kier molecular flexibility index (Phi) is 4.10. The van der Waals surface area contributed by atoms with Crippen LogP contribution in [-0.4, -0.2) is 36.8 Å². The number of aliphatic hydroxyl groups excluding tert-OH is 1. The average molecular weight is 328 g/mol. The zero-order valence-electron chi connectivity index (χ0n) is 12.6. The number of nitrogens with one attached hydrogen (secondary N) is 1. The molecular formula is C16H19F3N2O2. The van der Waals surface area contributed by atoms with Crippen molar-refractivity contribution in [2.75, 3.05) is 24.5 Å². The largest absolute Gasteiger partial charge is 0.418 e. The number of amides is 1. The fourth-order valence-corrected chi connectivity index (χ4v) is 3.46. The van der Waals surface area contributed by atoms with Gasteiger partial charge in [0.1, 0.15) is 0 Å². The van der Waals surface area contributed by atoms with Crippen molar-refractivity contribution in [1.82, 2.24) is 5.32 Å². The van der Waals surface area contributed by atoms with Gasteiger partial charge in [-0.05, 0) is 50.0 Å². The number of nitrogens with zero attached hydrogens (tertiary/aromatic N) is 1. The van der Waals surface area contributed by atoms with E-state index in [0.29, 0.717) is 12.2 Å². The second-order valence-electron chi connectivity index (χ2n) is 6.27. The fraction of sp³-hybridized carbons (Fsp3) is 0.562. The molecule has 23 heavy (non-hydrogen) atoms. The number of hydrogen-bond acceptors (Lipinski definition) is 3. The summed E-state index contributed by atoms with van der Waals surface area (Å²) >= 11 is 0. The topological polar surface area (TPSA) is 52.6 Å². The molecule has 126 valence electrons. The Morgan fingerprint density at radius 3 is 2.30 bits per heavy atom. The van der Waals surface area contributed by atoms with E-state index in [9.17, 15) is 23.1 Å². The van der Waals surface area contributed by atoms with Gasteiger partial charge in [0, 0.05) is 12.2 Å². The van der Waals surface area contributed by atoms with Crippen molar-refractivity contribution in [3.8, 4) is 0 Å². The summed E-state index contributed by atoms with van der Waals surface area (Å²) in [6, 6.07) is 5.41. The van der Waals surface area contributed by atoms with Crippen LogP contribution in [0.4, 0.5) is 18.9 Å². The van der Waals surface area contributed by atoms with Gasteiger partial charge in [0.05, 0.1) is 5.41 Å². The van der Waals surface area contributed by atoms with E-state index in [0.717, 1.165) is 32.4 Å². The van der Waals surface area contributed by atoms with Crippen molar-refractivity contribution < 1.29 is 23.1 Å². The molecule has 2 fully saturated rings. The van der Waals surface area contributed by atoms with Gasteiger partial charge in [0.2, 0.25) is 5.91 Å². The van der Waals surface area contributed by atoms with Crippen LogP contribution in [0.2, 0.25) is 0 Å². The molecular weight excluding hydrogens is 309 g/mol. The van der Waals surface area contributed by atoms with E-state index in [2.05, 4.69) is 5.32 Å². The molecule has 1 aromatic carbocycles. The Labute approximate surface area is 132 Å². The molecule has 1 amide bonds. The highest BCUT2D eigenvalue weighted by atomic mass is 19.4. The number of halogens is 3. The lowest BCUT2D eigenvalue weighted by molar-refractivity contribution is -0.206. The Bertz CT molecular complexity index is 580. The molecule has 3 rings (SSSR count). The minimum absolute atomic E-state index is 0.0584. The zero-order chi connectivity index (χ0) is 16.7. The van der Waals surface area contributed by atoms with Gasteiger partial charge >= 0.3 is 6.18 Å². The van der Waals surface area contributed by atoms with Crippen LogP contribution >= 0.6 is 0 Å². The Balaban J connectivity index is 1.77. The van der Waals surface area contributed by atoms with Crippen LogP contribution in [0.1, 0.15) is 30.9 Å². The van der Waals surface area contributed by atoms with Crippen molar-refractivity contribution >= 4 is 11.6 Å². The first kappa shape index (κ1) is 16.3. The maximum Gasteiger partial charge on any atom is 0.418 e. The van der Waals surface area contributed by atoms with Crippen LogP contribution in [0.5, 0.6) is 0 Å². The number of aliphatic hydroxyl groups is 1. The quantitative estimate of drug-likeness (QED) is 0.876. The summed E-state index contributed by atoms with van der Waals surface area (Å²) in [5.74, 6) is 0.0584. The van der Waals surface area contributed by atoms with Gasteiger partial charge in [-0.1, -0.05) is 12.1 Å². The molecule has 0 bridgehead atoms. The molecule has 7 heteroatoms. The van der Waals surface area contributed by atoms with Gasteiger partial charge in [-0.25, -0.2) is 0 Å². The van der Waals surface area contributed by atoms with Crippen molar-refractivity contribution in [2.45, 2.75) is 31.5 Å². The van der Waals surface area contributed by atoms with Crippen LogP contribution in [0.3, 0.4) is 0 Å². The first-order chi connectivity index (χ1) is 10.8. The predicted octanol–water partition coefficient (Wildman–Crippen LogP) is 2.39. The van der Waals surface area contributed by atoms with Crippen LogP contribution in [-0.2, 0) is 4.79 Å². The molecule has 1 spiro atoms. The van der Waals surface area contributed by atoms with Gasteiger partial charge in [-0.15, -0.1) is 0 Å². The van der Waals surface area contributed by atoms with Gasteiger partial charge in [0.25, 0.3) is 0 Å².